The number of Topliss-reactive ketones (excluding diaryl/α,β-unsaturated/α-hetero) is 1. The molecule has 2 N–H and O–H groups in total. The second kappa shape index (κ2) is 15.1. The second-order valence-corrected chi connectivity index (χ2v) is 8.69. The van der Waals surface area contributed by atoms with E-state index in [0.717, 1.165) is 52.1 Å². The van der Waals surface area contributed by atoms with Crippen molar-refractivity contribution in [2.24, 2.45) is 0 Å². The zero-order valence-electron chi connectivity index (χ0n) is 20.9. The molecule has 0 aliphatic carbocycles. The molecule has 8 heteroatoms. The third-order valence-electron chi connectivity index (χ3n) is 6.15. The summed E-state index contributed by atoms with van der Waals surface area (Å²) < 4.78 is 16.6. The van der Waals surface area contributed by atoms with E-state index in [2.05, 4.69) is 15.1 Å². The minimum absolute atomic E-state index is 0.0640. The van der Waals surface area contributed by atoms with Gasteiger partial charge in [0.25, 0.3) is 0 Å². The zero-order valence-corrected chi connectivity index (χ0v) is 20.9. The van der Waals surface area contributed by atoms with Gasteiger partial charge < -0.3 is 34.4 Å². The number of methoxy groups -OCH3 is 2. The smallest absolute Gasteiger partial charge is 0.203 e. The van der Waals surface area contributed by atoms with E-state index in [1.165, 1.54) is 33.4 Å². The van der Waals surface area contributed by atoms with Crippen LogP contribution in [0.5, 0.6) is 17.2 Å². The van der Waals surface area contributed by atoms with Gasteiger partial charge in [0.1, 0.15) is 0 Å². The minimum atomic E-state index is -0.344. The molecule has 1 heterocycles. The van der Waals surface area contributed by atoms with Crippen LogP contribution in [0.1, 0.15) is 49.4 Å². The Morgan fingerprint density at radius 3 is 2.36 bits per heavy atom. The highest BCUT2D eigenvalue weighted by atomic mass is 16.5. The number of carbonyl (C=O) groups is 1. The van der Waals surface area contributed by atoms with E-state index in [1.54, 1.807) is 19.2 Å². The first kappa shape index (κ1) is 27.4. The highest BCUT2D eigenvalue weighted by Gasteiger charge is 2.17. The average Bonchev–Trinajstić information content (AvgIpc) is 3.05. The maximum absolute atomic E-state index is 11.8. The topological polar surface area (TPSA) is 83.5 Å². The molecule has 1 fully saturated rings. The Morgan fingerprint density at radius 1 is 1.03 bits per heavy atom. The first-order valence-electron chi connectivity index (χ1n) is 12.2. The van der Waals surface area contributed by atoms with Crippen molar-refractivity contribution in [3.63, 3.8) is 0 Å². The van der Waals surface area contributed by atoms with Crippen LogP contribution < -0.4 is 19.5 Å². The van der Waals surface area contributed by atoms with Gasteiger partial charge in [-0.25, -0.2) is 0 Å². The molecule has 1 saturated heterocycles. The molecular weight excluding hydrogens is 422 g/mol. The SMILES string of the molecule is CNCCCN1CCCN(CC[C@H](O)CCCOc2cc(C(C)=O)cc(OC)c2OC)CC1. The van der Waals surface area contributed by atoms with E-state index in [0.29, 0.717) is 35.8 Å². The Balaban J connectivity index is 1.71. The standard InChI is InChI=1S/C25H43N3O5/c1-20(29)21-18-23(31-3)25(32-4)24(19-21)33-17-5-8-22(30)9-14-28-13-7-12-27(15-16-28)11-6-10-26-2/h18-19,22,26,30H,5-17H2,1-4H3/t22-/m1/s1. The molecule has 0 bridgehead atoms. The summed E-state index contributed by atoms with van der Waals surface area (Å²) in [5.41, 5.74) is 0.515. The summed E-state index contributed by atoms with van der Waals surface area (Å²) in [5.74, 6) is 1.37. The van der Waals surface area contributed by atoms with Crippen LogP contribution in [0.4, 0.5) is 0 Å². The zero-order chi connectivity index (χ0) is 24.1. The summed E-state index contributed by atoms with van der Waals surface area (Å²) in [6, 6.07) is 3.34. The highest BCUT2D eigenvalue weighted by molar-refractivity contribution is 5.95. The molecule has 188 valence electrons. The van der Waals surface area contributed by atoms with Gasteiger partial charge in [-0.2, -0.15) is 0 Å². The van der Waals surface area contributed by atoms with Crippen LogP contribution in [-0.4, -0.2) is 100 Å². The van der Waals surface area contributed by atoms with Gasteiger partial charge in [0.05, 0.1) is 26.9 Å². The lowest BCUT2D eigenvalue weighted by molar-refractivity contribution is 0.101. The van der Waals surface area contributed by atoms with Crippen molar-refractivity contribution >= 4 is 5.78 Å². The maximum atomic E-state index is 11.8. The molecule has 8 nitrogen and oxygen atoms in total. The molecule has 1 aliphatic heterocycles. The fraction of sp³-hybridized carbons (Fsp3) is 0.720. The quantitative estimate of drug-likeness (QED) is 0.302. The third kappa shape index (κ3) is 9.49. The summed E-state index contributed by atoms with van der Waals surface area (Å²) in [6.07, 6.45) is 4.20. The molecule has 0 saturated carbocycles. The first-order valence-corrected chi connectivity index (χ1v) is 12.2. The molecular formula is C25H43N3O5. The van der Waals surface area contributed by atoms with Crippen LogP contribution in [0, 0.1) is 0 Å². The van der Waals surface area contributed by atoms with Crippen molar-refractivity contribution in [2.45, 2.75) is 45.1 Å². The van der Waals surface area contributed by atoms with Crippen LogP contribution in [0.3, 0.4) is 0 Å². The van der Waals surface area contributed by atoms with E-state index in [9.17, 15) is 9.90 Å². The predicted octanol–water partition coefficient (Wildman–Crippen LogP) is 2.43. The Kier molecular flexibility index (Phi) is 12.5. The number of rotatable bonds is 15. The minimum Gasteiger partial charge on any atom is -0.493 e. The maximum Gasteiger partial charge on any atom is 0.203 e. The van der Waals surface area contributed by atoms with Crippen LogP contribution >= 0.6 is 0 Å². The van der Waals surface area contributed by atoms with E-state index in [1.807, 2.05) is 7.05 Å². The summed E-state index contributed by atoms with van der Waals surface area (Å²) in [5, 5.41) is 13.7. The molecule has 33 heavy (non-hydrogen) atoms. The first-order chi connectivity index (χ1) is 16.0. The normalized spacial score (nSPS) is 16.3. The molecule has 0 amide bonds. The van der Waals surface area contributed by atoms with Gasteiger partial charge in [-0.3, -0.25) is 4.79 Å². The largest absolute Gasteiger partial charge is 0.493 e. The van der Waals surface area contributed by atoms with Gasteiger partial charge >= 0.3 is 0 Å². The van der Waals surface area contributed by atoms with Crippen LogP contribution in [0.2, 0.25) is 0 Å². The second-order valence-electron chi connectivity index (χ2n) is 8.69. The summed E-state index contributed by atoms with van der Waals surface area (Å²) in [6.45, 7) is 9.55. The van der Waals surface area contributed by atoms with E-state index < -0.39 is 0 Å². The lowest BCUT2D eigenvalue weighted by atomic mass is 10.1. The number of ether oxygens (including phenoxy) is 3. The summed E-state index contributed by atoms with van der Waals surface area (Å²) in [4.78, 5) is 16.8. The van der Waals surface area contributed by atoms with Crippen molar-refractivity contribution in [3.05, 3.63) is 17.7 Å². The molecule has 1 aliphatic rings. The number of benzene rings is 1. The molecule has 0 radical (unpaired) electrons. The molecule has 0 aromatic heterocycles. The Labute approximate surface area is 199 Å². The molecule has 0 unspecified atom stereocenters. The number of carbonyl (C=O) groups excluding carboxylic acids is 1. The van der Waals surface area contributed by atoms with E-state index >= 15 is 0 Å². The number of nitrogens with zero attached hydrogens (tertiary/aromatic N) is 2. The number of aliphatic hydroxyl groups is 1. The Morgan fingerprint density at radius 2 is 1.73 bits per heavy atom. The monoisotopic (exact) mass is 465 g/mol. The van der Waals surface area contributed by atoms with Crippen molar-refractivity contribution in [3.8, 4) is 17.2 Å². The van der Waals surface area contributed by atoms with Gasteiger partial charge in [-0.05, 0) is 84.4 Å². The lowest BCUT2D eigenvalue weighted by Crippen LogP contribution is -2.33. The van der Waals surface area contributed by atoms with E-state index in [-0.39, 0.29) is 11.9 Å². The lowest BCUT2D eigenvalue weighted by Gasteiger charge is -2.23. The molecule has 2 rings (SSSR count). The van der Waals surface area contributed by atoms with Crippen LogP contribution in [0.25, 0.3) is 0 Å². The van der Waals surface area contributed by atoms with Gasteiger partial charge in [0.2, 0.25) is 5.75 Å². The van der Waals surface area contributed by atoms with Gasteiger partial charge in [0.15, 0.2) is 17.3 Å². The fourth-order valence-electron chi connectivity index (χ4n) is 4.17. The number of hydrogen-bond donors (Lipinski definition) is 2. The average molecular weight is 466 g/mol. The van der Waals surface area contributed by atoms with Crippen molar-refractivity contribution in [1.82, 2.24) is 15.1 Å². The van der Waals surface area contributed by atoms with Gasteiger partial charge in [-0.1, -0.05) is 0 Å². The van der Waals surface area contributed by atoms with E-state index in [4.69, 9.17) is 14.2 Å². The Hall–Kier alpha value is -1.87. The predicted molar refractivity (Wildman–Crippen MR) is 131 cm³/mol. The van der Waals surface area contributed by atoms with Crippen molar-refractivity contribution in [1.29, 1.82) is 0 Å². The number of aliphatic hydroxyl groups excluding tert-OH is 1. The van der Waals surface area contributed by atoms with Crippen molar-refractivity contribution in [2.75, 3.05) is 73.7 Å². The van der Waals surface area contributed by atoms with Gasteiger partial charge in [0, 0.05) is 25.2 Å². The molecule has 1 atom stereocenters. The fourth-order valence-corrected chi connectivity index (χ4v) is 4.17. The summed E-state index contributed by atoms with van der Waals surface area (Å²) >= 11 is 0. The van der Waals surface area contributed by atoms with Crippen LogP contribution in [-0.2, 0) is 0 Å². The molecule has 1 aromatic rings. The summed E-state index contributed by atoms with van der Waals surface area (Å²) in [7, 11) is 5.08. The highest BCUT2D eigenvalue weighted by Crippen LogP contribution is 2.38. The number of hydrogen-bond acceptors (Lipinski definition) is 8. The van der Waals surface area contributed by atoms with Crippen molar-refractivity contribution < 1.29 is 24.1 Å². The van der Waals surface area contributed by atoms with Gasteiger partial charge in [-0.15, -0.1) is 0 Å². The number of ketones is 1. The molecule has 1 aromatic carbocycles. The third-order valence-corrected chi connectivity index (χ3v) is 6.15. The number of nitrogens with one attached hydrogen (secondary N) is 1. The van der Waals surface area contributed by atoms with Crippen LogP contribution in [0.15, 0.2) is 12.1 Å². The Bertz CT molecular complexity index is 716. The molecule has 0 spiro atoms.